The van der Waals surface area contributed by atoms with Crippen LogP contribution in [0, 0.1) is 13.8 Å². The molecule has 4 nitrogen and oxygen atoms in total. The van der Waals surface area contributed by atoms with Crippen molar-refractivity contribution < 1.29 is 9.59 Å². The van der Waals surface area contributed by atoms with Crippen LogP contribution < -0.4 is 10.6 Å². The van der Waals surface area contributed by atoms with Crippen LogP contribution in [0.15, 0.2) is 33.4 Å². The molecule has 0 aliphatic heterocycles. The van der Waals surface area contributed by atoms with Crippen molar-refractivity contribution in [3.05, 3.63) is 50.1 Å². The Bertz CT molecular complexity index is 682. The van der Waals surface area contributed by atoms with E-state index in [-0.39, 0.29) is 18.4 Å². The molecule has 0 fully saturated rings. The van der Waals surface area contributed by atoms with E-state index in [1.807, 2.05) is 32.0 Å². The van der Waals surface area contributed by atoms with Crippen molar-refractivity contribution in [3.63, 3.8) is 0 Å². The first kappa shape index (κ1) is 15.7. The number of benzene rings is 1. The molecular formula is C15H15BrN2O2S. The van der Waals surface area contributed by atoms with Crippen molar-refractivity contribution in [2.75, 3.05) is 11.9 Å². The van der Waals surface area contributed by atoms with Crippen LogP contribution in [0.5, 0.6) is 0 Å². The number of hydrogen-bond donors (Lipinski definition) is 2. The summed E-state index contributed by atoms with van der Waals surface area (Å²) in [5.41, 5.74) is 3.46. The van der Waals surface area contributed by atoms with E-state index in [0.717, 1.165) is 20.6 Å². The van der Waals surface area contributed by atoms with Crippen molar-refractivity contribution in [2.45, 2.75) is 13.8 Å². The Morgan fingerprint density at radius 3 is 2.71 bits per heavy atom. The van der Waals surface area contributed by atoms with Gasteiger partial charge in [0, 0.05) is 11.1 Å². The van der Waals surface area contributed by atoms with Gasteiger partial charge in [-0.25, -0.2) is 0 Å². The lowest BCUT2D eigenvalue weighted by molar-refractivity contribution is -0.115. The van der Waals surface area contributed by atoms with Gasteiger partial charge in [0.15, 0.2) is 0 Å². The maximum absolute atomic E-state index is 11.9. The molecule has 0 saturated heterocycles. The van der Waals surface area contributed by atoms with Crippen molar-refractivity contribution in [1.29, 1.82) is 0 Å². The first-order valence-electron chi connectivity index (χ1n) is 6.35. The topological polar surface area (TPSA) is 58.2 Å². The average molecular weight is 367 g/mol. The molecule has 0 bridgehead atoms. The Morgan fingerprint density at radius 2 is 2.05 bits per heavy atom. The molecule has 0 radical (unpaired) electrons. The summed E-state index contributed by atoms with van der Waals surface area (Å²) < 4.78 is 0.882. The zero-order chi connectivity index (χ0) is 15.4. The zero-order valence-electron chi connectivity index (χ0n) is 11.7. The van der Waals surface area contributed by atoms with Crippen LogP contribution in [0.3, 0.4) is 0 Å². The molecule has 2 N–H and O–H groups in total. The Morgan fingerprint density at radius 1 is 1.29 bits per heavy atom. The first-order chi connectivity index (χ1) is 9.97. The van der Waals surface area contributed by atoms with Crippen LogP contribution in [-0.4, -0.2) is 18.4 Å². The van der Waals surface area contributed by atoms with Gasteiger partial charge in [0.1, 0.15) is 0 Å². The van der Waals surface area contributed by atoms with Crippen LogP contribution in [0.2, 0.25) is 0 Å². The molecule has 2 rings (SSSR count). The van der Waals surface area contributed by atoms with E-state index in [1.165, 1.54) is 11.3 Å². The number of carbonyl (C=O) groups is 2. The van der Waals surface area contributed by atoms with Crippen molar-refractivity contribution >= 4 is 44.8 Å². The summed E-state index contributed by atoms with van der Waals surface area (Å²) in [5, 5.41) is 7.14. The third-order valence-corrected chi connectivity index (χ3v) is 4.62. The average Bonchev–Trinajstić information content (AvgIpc) is 2.88. The van der Waals surface area contributed by atoms with E-state index < -0.39 is 0 Å². The number of anilines is 1. The van der Waals surface area contributed by atoms with E-state index in [4.69, 9.17) is 0 Å². The molecule has 1 aromatic heterocycles. The standard InChI is InChI=1S/C15H15BrN2O2S/c1-9-4-3-5-12(10(9)2)18-14(19)7-17-15(20)11-6-13(16)21-8-11/h3-6,8H,7H2,1-2H3,(H,17,20)(H,18,19). The number of thiophene rings is 1. The van der Waals surface area contributed by atoms with Gasteiger partial charge in [0.2, 0.25) is 5.91 Å². The van der Waals surface area contributed by atoms with Gasteiger partial charge in [-0.1, -0.05) is 12.1 Å². The van der Waals surface area contributed by atoms with Gasteiger partial charge in [-0.2, -0.15) is 0 Å². The smallest absolute Gasteiger partial charge is 0.252 e. The van der Waals surface area contributed by atoms with E-state index in [0.29, 0.717) is 5.56 Å². The molecular weight excluding hydrogens is 352 g/mol. The molecule has 2 aromatic rings. The molecule has 0 aliphatic carbocycles. The van der Waals surface area contributed by atoms with E-state index >= 15 is 0 Å². The van der Waals surface area contributed by atoms with Crippen molar-refractivity contribution in [3.8, 4) is 0 Å². The third kappa shape index (κ3) is 4.15. The molecule has 2 amide bonds. The van der Waals surface area contributed by atoms with Crippen LogP contribution >= 0.6 is 27.3 Å². The summed E-state index contributed by atoms with van der Waals surface area (Å²) in [4.78, 5) is 23.7. The third-order valence-electron chi connectivity index (χ3n) is 3.12. The highest BCUT2D eigenvalue weighted by Gasteiger charge is 2.10. The largest absolute Gasteiger partial charge is 0.343 e. The highest BCUT2D eigenvalue weighted by molar-refractivity contribution is 9.11. The number of hydrogen-bond acceptors (Lipinski definition) is 3. The highest BCUT2D eigenvalue weighted by atomic mass is 79.9. The summed E-state index contributed by atoms with van der Waals surface area (Å²) in [6.07, 6.45) is 0. The van der Waals surface area contributed by atoms with Gasteiger partial charge in [-0.05, 0) is 53.0 Å². The minimum absolute atomic E-state index is 0.0559. The minimum atomic E-state index is -0.256. The monoisotopic (exact) mass is 366 g/mol. The van der Waals surface area contributed by atoms with Gasteiger partial charge in [0.25, 0.3) is 5.91 Å². The van der Waals surface area contributed by atoms with E-state index in [1.54, 1.807) is 11.4 Å². The SMILES string of the molecule is Cc1cccc(NC(=O)CNC(=O)c2csc(Br)c2)c1C. The second kappa shape index (κ2) is 6.87. The summed E-state index contributed by atoms with van der Waals surface area (Å²) in [6, 6.07) is 7.45. The van der Waals surface area contributed by atoms with Crippen LogP contribution in [0.4, 0.5) is 5.69 Å². The number of carbonyl (C=O) groups excluding carboxylic acids is 2. The maximum Gasteiger partial charge on any atom is 0.252 e. The fraction of sp³-hybridized carbons (Fsp3) is 0.200. The lowest BCUT2D eigenvalue weighted by Gasteiger charge is -2.10. The van der Waals surface area contributed by atoms with Gasteiger partial charge < -0.3 is 10.6 Å². The van der Waals surface area contributed by atoms with Crippen molar-refractivity contribution in [1.82, 2.24) is 5.32 Å². The summed E-state index contributed by atoms with van der Waals surface area (Å²) >= 11 is 4.73. The molecule has 0 spiro atoms. The number of amides is 2. The van der Waals surface area contributed by atoms with Crippen LogP contribution in [0.25, 0.3) is 0 Å². The summed E-state index contributed by atoms with van der Waals surface area (Å²) in [7, 11) is 0. The lowest BCUT2D eigenvalue weighted by atomic mass is 10.1. The summed E-state index contributed by atoms with van der Waals surface area (Å²) in [6.45, 7) is 3.88. The second-order valence-electron chi connectivity index (χ2n) is 4.62. The van der Waals surface area contributed by atoms with Crippen LogP contribution in [-0.2, 0) is 4.79 Å². The predicted octanol–water partition coefficient (Wildman–Crippen LogP) is 3.50. The van der Waals surface area contributed by atoms with Crippen LogP contribution in [0.1, 0.15) is 21.5 Å². The Hall–Kier alpha value is -1.66. The molecule has 21 heavy (non-hydrogen) atoms. The van der Waals surface area contributed by atoms with E-state index in [2.05, 4.69) is 26.6 Å². The second-order valence-corrected chi connectivity index (χ2v) is 6.91. The molecule has 0 unspecified atom stereocenters. The Balaban J connectivity index is 1.90. The fourth-order valence-electron chi connectivity index (χ4n) is 1.77. The molecule has 0 saturated carbocycles. The molecule has 6 heteroatoms. The minimum Gasteiger partial charge on any atom is -0.343 e. The number of rotatable bonds is 4. The van der Waals surface area contributed by atoms with Gasteiger partial charge in [0.05, 0.1) is 15.9 Å². The van der Waals surface area contributed by atoms with E-state index in [9.17, 15) is 9.59 Å². The normalized spacial score (nSPS) is 10.2. The maximum atomic E-state index is 11.9. The van der Waals surface area contributed by atoms with Gasteiger partial charge in [-0.15, -0.1) is 11.3 Å². The highest BCUT2D eigenvalue weighted by Crippen LogP contribution is 2.20. The van der Waals surface area contributed by atoms with Gasteiger partial charge >= 0.3 is 0 Å². The first-order valence-corrected chi connectivity index (χ1v) is 8.03. The molecule has 110 valence electrons. The predicted molar refractivity (Wildman–Crippen MR) is 88.9 cm³/mol. The number of nitrogens with one attached hydrogen (secondary N) is 2. The fourth-order valence-corrected chi connectivity index (χ4v) is 2.91. The van der Waals surface area contributed by atoms with Crippen molar-refractivity contribution in [2.24, 2.45) is 0 Å². The summed E-state index contributed by atoms with van der Waals surface area (Å²) in [5.74, 6) is -0.501. The number of halogens is 1. The molecule has 1 aromatic carbocycles. The number of aryl methyl sites for hydroxylation is 1. The molecule has 0 atom stereocenters. The Labute approximate surface area is 135 Å². The molecule has 0 aliphatic rings. The van der Waals surface area contributed by atoms with Gasteiger partial charge in [-0.3, -0.25) is 9.59 Å². The molecule has 1 heterocycles. The quantitative estimate of drug-likeness (QED) is 0.869. The lowest BCUT2D eigenvalue weighted by Crippen LogP contribution is -2.32. The zero-order valence-corrected chi connectivity index (χ0v) is 14.1. The Kier molecular flexibility index (Phi) is 5.14.